The van der Waals surface area contributed by atoms with Crippen LogP contribution in [0.15, 0.2) is 194 Å². The molecular weight excluding hydrogens is 927 g/mol. The van der Waals surface area contributed by atoms with Gasteiger partial charge in [0, 0.05) is 74.1 Å². The third kappa shape index (κ3) is 9.42. The Morgan fingerprint density at radius 3 is 0.974 bits per heavy atom. The molecule has 0 saturated carbocycles. The molecule has 0 aliphatic rings. The van der Waals surface area contributed by atoms with E-state index in [1.165, 1.54) is 43.8 Å². The molecule has 382 valence electrons. The number of fused-ring (bicyclic) bond motifs is 6. The quantitative estimate of drug-likeness (QED) is 0.144. The molecule has 0 spiro atoms. The first-order valence-electron chi connectivity index (χ1n) is 26.9. The van der Waals surface area contributed by atoms with Crippen molar-refractivity contribution in [2.45, 2.75) is 112 Å². The minimum atomic E-state index is -0.00499. The summed E-state index contributed by atoms with van der Waals surface area (Å²) in [6.45, 7) is 29.2. The van der Waals surface area contributed by atoms with Crippen LogP contribution in [-0.4, -0.2) is 9.13 Å². The third-order valence-electron chi connectivity index (χ3n) is 15.3. The van der Waals surface area contributed by atoms with E-state index in [0.29, 0.717) is 11.5 Å². The molecule has 0 aliphatic heterocycles. The summed E-state index contributed by atoms with van der Waals surface area (Å²) >= 11 is 0. The van der Waals surface area contributed by atoms with Gasteiger partial charge in [-0.15, -0.1) is 0 Å². The average Bonchev–Trinajstić information content (AvgIpc) is 3.90. The molecule has 0 saturated heterocycles. The van der Waals surface area contributed by atoms with Gasteiger partial charge >= 0.3 is 0 Å². The van der Waals surface area contributed by atoms with E-state index in [9.17, 15) is 0 Å². The largest absolute Gasteiger partial charge is 0.457 e. The van der Waals surface area contributed by atoms with Gasteiger partial charge in [-0.3, -0.25) is 0 Å². The van der Waals surface area contributed by atoms with Gasteiger partial charge in [-0.05, 0) is 136 Å². The molecule has 5 heteroatoms. The smallest absolute Gasteiger partial charge is 0.136 e. The topological polar surface area (TPSA) is 31.6 Å². The number of para-hydroxylation sites is 2. The first kappa shape index (κ1) is 50.2. The van der Waals surface area contributed by atoms with E-state index in [-0.39, 0.29) is 21.7 Å². The molecule has 11 aromatic rings. The van der Waals surface area contributed by atoms with Gasteiger partial charge < -0.3 is 23.5 Å². The average molecular weight is 998 g/mol. The van der Waals surface area contributed by atoms with Crippen LogP contribution < -0.4 is 14.4 Å². The van der Waals surface area contributed by atoms with E-state index < -0.39 is 0 Å². The number of aromatic nitrogens is 2. The van der Waals surface area contributed by atoms with Gasteiger partial charge in [0.15, 0.2) is 0 Å². The van der Waals surface area contributed by atoms with Crippen LogP contribution in [0.1, 0.15) is 111 Å². The molecule has 0 atom stereocenters. The zero-order valence-electron chi connectivity index (χ0n) is 46.6. The fourth-order valence-corrected chi connectivity index (χ4v) is 10.7. The van der Waals surface area contributed by atoms with Gasteiger partial charge in [-0.2, -0.15) is 0 Å². The minimum absolute atomic E-state index is 0.00499. The van der Waals surface area contributed by atoms with Crippen LogP contribution in [0.25, 0.3) is 55.0 Å². The maximum Gasteiger partial charge on any atom is 0.136 e. The molecular formula is C71H71N3O2. The standard InChI is InChI=1S/C71H71N3O2/c1-46-66(75-56-38-40-60-58-18-14-16-20-62(58)73(64(60)44-56)53-34-26-49(27-35-53)70(8,9)10)42-55(72(51-30-22-47(23-31-51)68(2,3)4)52-32-24-48(25-33-52)69(5,6)7)43-67(46)76-57-39-41-61-59-19-15-17-21-63(59)74(65(61)45-57)54-36-28-50(29-37-54)71(11,12)13/h14-45H,1-13H3. The lowest BCUT2D eigenvalue weighted by atomic mass is 9.86. The fraction of sp³-hybridized carbons (Fsp3) is 0.239. The number of nitrogens with zero attached hydrogens (tertiary/aromatic N) is 3. The lowest BCUT2D eigenvalue weighted by Gasteiger charge is -2.29. The van der Waals surface area contributed by atoms with Crippen molar-refractivity contribution in [1.82, 2.24) is 9.13 Å². The molecule has 0 N–H and O–H groups in total. The highest BCUT2D eigenvalue weighted by molar-refractivity contribution is 6.10. The SMILES string of the molecule is Cc1c(Oc2ccc3c4ccccc4n(-c4ccc(C(C)(C)C)cc4)c3c2)cc(N(c2ccc(C(C)(C)C)cc2)c2ccc(C(C)(C)C)cc2)cc1Oc1ccc2c3ccccc3n(-c3ccc(C(C)(C)C)cc3)c2c1. The van der Waals surface area contributed by atoms with Crippen molar-refractivity contribution in [2.75, 3.05) is 4.90 Å². The Labute approximate surface area is 450 Å². The van der Waals surface area contributed by atoms with Crippen LogP contribution in [-0.2, 0) is 21.7 Å². The van der Waals surface area contributed by atoms with Gasteiger partial charge in [0.05, 0.1) is 27.8 Å². The molecule has 0 bridgehead atoms. The Bertz CT molecular complexity index is 3680. The van der Waals surface area contributed by atoms with Crippen LogP contribution in [0, 0.1) is 6.92 Å². The molecule has 0 radical (unpaired) electrons. The van der Waals surface area contributed by atoms with Crippen molar-refractivity contribution < 1.29 is 9.47 Å². The van der Waals surface area contributed by atoms with Crippen LogP contribution in [0.3, 0.4) is 0 Å². The van der Waals surface area contributed by atoms with Gasteiger partial charge in [0.1, 0.15) is 23.0 Å². The van der Waals surface area contributed by atoms with E-state index in [1.54, 1.807) is 0 Å². The summed E-state index contributed by atoms with van der Waals surface area (Å²) in [7, 11) is 0. The van der Waals surface area contributed by atoms with Crippen molar-refractivity contribution in [2.24, 2.45) is 0 Å². The number of hydrogen-bond acceptors (Lipinski definition) is 3. The maximum atomic E-state index is 7.23. The monoisotopic (exact) mass is 998 g/mol. The molecule has 11 rings (SSSR count). The number of rotatable bonds is 9. The number of ether oxygens (including phenoxy) is 2. The highest BCUT2D eigenvalue weighted by Gasteiger charge is 2.24. The van der Waals surface area contributed by atoms with E-state index in [1.807, 2.05) is 0 Å². The summed E-state index contributed by atoms with van der Waals surface area (Å²) in [4.78, 5) is 2.32. The molecule has 2 aromatic heterocycles. The molecule has 0 unspecified atom stereocenters. The summed E-state index contributed by atoms with van der Waals surface area (Å²) in [6, 6.07) is 70.6. The van der Waals surface area contributed by atoms with Crippen LogP contribution in [0.2, 0.25) is 0 Å². The van der Waals surface area contributed by atoms with Crippen molar-refractivity contribution in [3.8, 4) is 34.4 Å². The van der Waals surface area contributed by atoms with Gasteiger partial charge in [-0.25, -0.2) is 0 Å². The number of hydrogen-bond donors (Lipinski definition) is 0. The Morgan fingerprint density at radius 1 is 0.316 bits per heavy atom. The Hall–Kier alpha value is -8.02. The Morgan fingerprint density at radius 2 is 0.632 bits per heavy atom. The molecule has 0 aliphatic carbocycles. The van der Waals surface area contributed by atoms with E-state index >= 15 is 0 Å². The van der Waals surface area contributed by atoms with Crippen LogP contribution in [0.5, 0.6) is 23.0 Å². The van der Waals surface area contributed by atoms with Crippen LogP contribution in [0.4, 0.5) is 17.1 Å². The third-order valence-corrected chi connectivity index (χ3v) is 15.3. The first-order chi connectivity index (χ1) is 36.1. The van der Waals surface area contributed by atoms with E-state index in [2.05, 4.69) is 298 Å². The van der Waals surface area contributed by atoms with Crippen LogP contribution >= 0.6 is 0 Å². The first-order valence-corrected chi connectivity index (χ1v) is 26.9. The lowest BCUT2D eigenvalue weighted by molar-refractivity contribution is 0.454. The second kappa shape index (κ2) is 18.7. The zero-order chi connectivity index (χ0) is 53.5. The van der Waals surface area contributed by atoms with Crippen molar-refractivity contribution in [1.29, 1.82) is 0 Å². The van der Waals surface area contributed by atoms with Gasteiger partial charge in [0.2, 0.25) is 0 Å². The van der Waals surface area contributed by atoms with Gasteiger partial charge in [0.25, 0.3) is 0 Å². The molecule has 76 heavy (non-hydrogen) atoms. The molecule has 9 aromatic carbocycles. The summed E-state index contributed by atoms with van der Waals surface area (Å²) in [5.74, 6) is 2.85. The summed E-state index contributed by atoms with van der Waals surface area (Å²) in [5.41, 5.74) is 15.7. The lowest BCUT2D eigenvalue weighted by Crippen LogP contribution is -2.14. The maximum absolute atomic E-state index is 7.23. The molecule has 5 nitrogen and oxygen atoms in total. The summed E-state index contributed by atoms with van der Waals surface area (Å²) in [6.07, 6.45) is 0. The van der Waals surface area contributed by atoms with Crippen molar-refractivity contribution in [3.63, 3.8) is 0 Å². The minimum Gasteiger partial charge on any atom is -0.457 e. The summed E-state index contributed by atoms with van der Waals surface area (Å²) in [5, 5.41) is 4.72. The normalized spacial score (nSPS) is 12.5. The predicted molar refractivity (Wildman–Crippen MR) is 322 cm³/mol. The highest BCUT2D eigenvalue weighted by Crippen LogP contribution is 2.46. The Kier molecular flexibility index (Phi) is 12.3. The van der Waals surface area contributed by atoms with Crippen molar-refractivity contribution >= 4 is 60.7 Å². The predicted octanol–water partition coefficient (Wildman–Crippen LogP) is 20.4. The van der Waals surface area contributed by atoms with E-state index in [0.717, 1.165) is 67.6 Å². The van der Waals surface area contributed by atoms with Crippen molar-refractivity contribution in [3.05, 3.63) is 222 Å². The fourth-order valence-electron chi connectivity index (χ4n) is 10.7. The van der Waals surface area contributed by atoms with E-state index in [4.69, 9.17) is 9.47 Å². The number of benzene rings is 9. The molecule has 0 amide bonds. The second-order valence-corrected chi connectivity index (χ2v) is 24.9. The molecule has 0 fully saturated rings. The second-order valence-electron chi connectivity index (χ2n) is 24.9. The molecule has 2 heterocycles. The Balaban J connectivity index is 1.08. The summed E-state index contributed by atoms with van der Waals surface area (Å²) < 4.78 is 19.2. The zero-order valence-corrected chi connectivity index (χ0v) is 46.6. The number of anilines is 3. The van der Waals surface area contributed by atoms with Gasteiger partial charge in [-0.1, -0.05) is 168 Å². The highest BCUT2D eigenvalue weighted by atomic mass is 16.5.